The summed E-state index contributed by atoms with van der Waals surface area (Å²) < 4.78 is 1.75. The fourth-order valence-corrected chi connectivity index (χ4v) is 2.95. The van der Waals surface area contributed by atoms with Crippen LogP contribution in [0, 0.1) is 5.92 Å². The molecule has 8 heteroatoms. The van der Waals surface area contributed by atoms with E-state index in [0.29, 0.717) is 23.5 Å². The Hall–Kier alpha value is -2.38. The van der Waals surface area contributed by atoms with Crippen LogP contribution in [0.3, 0.4) is 0 Å². The smallest absolute Gasteiger partial charge is 0.263 e. The molecule has 3 heterocycles. The number of amides is 1. The summed E-state index contributed by atoms with van der Waals surface area (Å²) in [5, 5.41) is 4.76. The highest BCUT2D eigenvalue weighted by molar-refractivity contribution is 5.78. The Morgan fingerprint density at radius 1 is 1.43 bits per heavy atom. The van der Waals surface area contributed by atoms with E-state index in [9.17, 15) is 9.59 Å². The number of hydrogen-bond acceptors (Lipinski definition) is 5. The highest BCUT2D eigenvalue weighted by Gasteiger charge is 2.27. The minimum atomic E-state index is -0.308. The summed E-state index contributed by atoms with van der Waals surface area (Å²) in [6.45, 7) is 7.24. The number of nitrogens with zero attached hydrogens (tertiary/aromatic N) is 4. The van der Waals surface area contributed by atoms with Gasteiger partial charge in [0, 0.05) is 13.1 Å². The lowest BCUT2D eigenvalue weighted by Crippen LogP contribution is -2.42. The number of nitrogens with two attached hydrogens (primary N) is 1. The molecule has 2 aromatic rings. The molecule has 0 unspecified atom stereocenters. The lowest BCUT2D eigenvalue weighted by molar-refractivity contribution is -0.122. The van der Waals surface area contributed by atoms with Gasteiger partial charge >= 0.3 is 0 Å². The highest BCUT2D eigenvalue weighted by atomic mass is 16.1. The zero-order valence-corrected chi connectivity index (χ0v) is 13.7. The van der Waals surface area contributed by atoms with Crippen LogP contribution in [0.5, 0.6) is 0 Å². The first-order valence-electron chi connectivity index (χ1n) is 7.80. The van der Waals surface area contributed by atoms with Gasteiger partial charge in [0.1, 0.15) is 5.39 Å². The Labute approximate surface area is 133 Å². The van der Waals surface area contributed by atoms with Crippen molar-refractivity contribution < 1.29 is 4.79 Å². The van der Waals surface area contributed by atoms with Crippen LogP contribution in [0.25, 0.3) is 11.0 Å². The molecule has 0 radical (unpaired) electrons. The summed E-state index contributed by atoms with van der Waals surface area (Å²) in [5.74, 6) is -0.0467. The van der Waals surface area contributed by atoms with Crippen molar-refractivity contribution >= 4 is 22.9 Å². The van der Waals surface area contributed by atoms with Crippen molar-refractivity contribution in [1.29, 1.82) is 0 Å². The van der Waals surface area contributed by atoms with Crippen molar-refractivity contribution in [2.45, 2.75) is 39.2 Å². The third-order valence-electron chi connectivity index (χ3n) is 4.18. The van der Waals surface area contributed by atoms with Crippen LogP contribution in [0.2, 0.25) is 0 Å². The van der Waals surface area contributed by atoms with Crippen molar-refractivity contribution in [3.05, 3.63) is 16.6 Å². The average molecular weight is 318 g/mol. The Morgan fingerprint density at radius 2 is 2.17 bits per heavy atom. The van der Waals surface area contributed by atoms with Crippen molar-refractivity contribution in [2.24, 2.45) is 11.7 Å². The maximum absolute atomic E-state index is 12.3. The zero-order chi connectivity index (χ0) is 16.8. The summed E-state index contributed by atoms with van der Waals surface area (Å²) in [5.41, 5.74) is 5.47. The summed E-state index contributed by atoms with van der Waals surface area (Å²) >= 11 is 0. The normalized spacial score (nSPS) is 19.3. The number of carbonyl (C=O) groups is 1. The third kappa shape index (κ3) is 2.80. The molecular formula is C15H22N6O2. The van der Waals surface area contributed by atoms with Gasteiger partial charge in [-0.15, -0.1) is 0 Å². The van der Waals surface area contributed by atoms with Crippen molar-refractivity contribution in [1.82, 2.24) is 19.7 Å². The fourth-order valence-electron chi connectivity index (χ4n) is 2.95. The van der Waals surface area contributed by atoms with Gasteiger partial charge in [0.05, 0.1) is 17.7 Å². The number of aromatic amines is 1. The molecule has 23 heavy (non-hydrogen) atoms. The molecule has 1 fully saturated rings. The van der Waals surface area contributed by atoms with E-state index >= 15 is 0 Å². The van der Waals surface area contributed by atoms with Gasteiger partial charge in [-0.05, 0) is 33.6 Å². The van der Waals surface area contributed by atoms with Crippen LogP contribution < -0.4 is 16.2 Å². The SMILES string of the molecule is CC(C)(C)n1ncc2c(=O)[nH]c(N3CCC[C@@H](C(N)=O)C3)nc21. The lowest BCUT2D eigenvalue weighted by atomic mass is 9.98. The van der Waals surface area contributed by atoms with Gasteiger partial charge in [-0.1, -0.05) is 0 Å². The number of nitrogens with one attached hydrogen (secondary N) is 1. The average Bonchev–Trinajstić information content (AvgIpc) is 2.92. The van der Waals surface area contributed by atoms with E-state index in [4.69, 9.17) is 5.73 Å². The molecule has 8 nitrogen and oxygen atoms in total. The number of aromatic nitrogens is 4. The van der Waals surface area contributed by atoms with Crippen LogP contribution in [-0.2, 0) is 10.3 Å². The van der Waals surface area contributed by atoms with Crippen molar-refractivity contribution in [3.63, 3.8) is 0 Å². The van der Waals surface area contributed by atoms with Gasteiger partial charge in [0.2, 0.25) is 11.9 Å². The summed E-state index contributed by atoms with van der Waals surface area (Å²) in [6.07, 6.45) is 3.16. The van der Waals surface area contributed by atoms with Gasteiger partial charge in [0.25, 0.3) is 5.56 Å². The van der Waals surface area contributed by atoms with Crippen LogP contribution in [0.1, 0.15) is 33.6 Å². The Morgan fingerprint density at radius 3 is 2.83 bits per heavy atom. The maximum Gasteiger partial charge on any atom is 0.263 e. The molecule has 1 aliphatic rings. The highest BCUT2D eigenvalue weighted by Crippen LogP contribution is 2.23. The second kappa shape index (κ2) is 5.36. The number of anilines is 1. The molecule has 0 bridgehead atoms. The molecular weight excluding hydrogens is 296 g/mol. The van der Waals surface area contributed by atoms with E-state index in [1.807, 2.05) is 25.7 Å². The van der Waals surface area contributed by atoms with Gasteiger partial charge < -0.3 is 10.6 Å². The predicted octanol–water partition coefficient (Wildman–Crippen LogP) is 0.576. The first-order valence-corrected chi connectivity index (χ1v) is 7.80. The number of hydrogen-bond donors (Lipinski definition) is 2. The van der Waals surface area contributed by atoms with E-state index in [-0.39, 0.29) is 22.9 Å². The molecule has 0 aliphatic carbocycles. The second-order valence-electron chi connectivity index (χ2n) is 7.04. The Kier molecular flexibility index (Phi) is 3.62. The predicted molar refractivity (Wildman–Crippen MR) is 87.3 cm³/mol. The monoisotopic (exact) mass is 318 g/mol. The topological polar surface area (TPSA) is 110 Å². The summed E-state index contributed by atoms with van der Waals surface area (Å²) in [4.78, 5) is 33.1. The molecule has 124 valence electrons. The largest absolute Gasteiger partial charge is 0.369 e. The van der Waals surface area contributed by atoms with E-state index in [0.717, 1.165) is 19.4 Å². The molecule has 1 amide bonds. The summed E-state index contributed by atoms with van der Waals surface area (Å²) in [7, 11) is 0. The van der Waals surface area contributed by atoms with E-state index < -0.39 is 0 Å². The minimum absolute atomic E-state index is 0.211. The van der Waals surface area contributed by atoms with E-state index in [2.05, 4.69) is 15.1 Å². The molecule has 0 aromatic carbocycles. The summed E-state index contributed by atoms with van der Waals surface area (Å²) in [6, 6.07) is 0. The Balaban J connectivity index is 2.05. The fraction of sp³-hybridized carbons (Fsp3) is 0.600. The van der Waals surface area contributed by atoms with Crippen molar-refractivity contribution in [3.8, 4) is 0 Å². The third-order valence-corrected chi connectivity index (χ3v) is 4.18. The number of primary amides is 1. The number of carbonyl (C=O) groups excluding carboxylic acids is 1. The molecule has 1 atom stereocenters. The van der Waals surface area contributed by atoms with E-state index in [1.165, 1.54) is 0 Å². The Bertz CT molecular complexity index is 800. The van der Waals surface area contributed by atoms with Crippen LogP contribution >= 0.6 is 0 Å². The van der Waals surface area contributed by atoms with Crippen LogP contribution in [-0.4, -0.2) is 38.7 Å². The quantitative estimate of drug-likeness (QED) is 0.841. The van der Waals surface area contributed by atoms with Gasteiger partial charge in [-0.2, -0.15) is 10.1 Å². The second-order valence-corrected chi connectivity index (χ2v) is 7.04. The first kappa shape index (κ1) is 15.5. The zero-order valence-electron chi connectivity index (χ0n) is 13.7. The van der Waals surface area contributed by atoms with Crippen LogP contribution in [0.4, 0.5) is 5.95 Å². The van der Waals surface area contributed by atoms with Gasteiger partial charge in [-0.25, -0.2) is 4.68 Å². The lowest BCUT2D eigenvalue weighted by Gasteiger charge is -2.31. The van der Waals surface area contributed by atoms with Gasteiger partial charge in [0.15, 0.2) is 5.65 Å². The minimum Gasteiger partial charge on any atom is -0.369 e. The number of fused-ring (bicyclic) bond motifs is 1. The number of H-pyrrole nitrogens is 1. The molecule has 1 saturated heterocycles. The molecule has 3 N–H and O–H groups in total. The molecule has 3 rings (SSSR count). The molecule has 0 saturated carbocycles. The number of rotatable bonds is 2. The van der Waals surface area contributed by atoms with Gasteiger partial charge in [-0.3, -0.25) is 14.6 Å². The number of piperidine rings is 1. The first-order chi connectivity index (χ1) is 10.8. The van der Waals surface area contributed by atoms with Crippen molar-refractivity contribution in [2.75, 3.05) is 18.0 Å². The molecule has 1 aliphatic heterocycles. The maximum atomic E-state index is 12.3. The standard InChI is InChI=1S/C15H22N6O2/c1-15(2,3)21-12-10(7-17-21)13(23)19-14(18-12)20-6-4-5-9(8-20)11(16)22/h7,9H,4-6,8H2,1-3H3,(H2,16,22)(H,18,19,23)/t9-/m1/s1. The molecule has 0 spiro atoms. The van der Waals surface area contributed by atoms with Crippen LogP contribution in [0.15, 0.2) is 11.0 Å². The van der Waals surface area contributed by atoms with E-state index in [1.54, 1.807) is 10.9 Å². The molecule has 2 aromatic heterocycles.